The quantitative estimate of drug-likeness (QED) is 0.456. The van der Waals surface area contributed by atoms with E-state index in [-0.39, 0.29) is 22.8 Å². The number of amides is 1. The van der Waals surface area contributed by atoms with Crippen LogP contribution in [0, 0.1) is 16.0 Å². The highest BCUT2D eigenvalue weighted by molar-refractivity contribution is 6.33. The third-order valence-electron chi connectivity index (χ3n) is 2.93. The summed E-state index contributed by atoms with van der Waals surface area (Å²) in [5.41, 5.74) is -0.193. The molecule has 0 bridgehead atoms. The zero-order valence-corrected chi connectivity index (χ0v) is 12.1. The van der Waals surface area contributed by atoms with Gasteiger partial charge in [-0.15, -0.1) is 0 Å². The number of benzene rings is 1. The molecule has 0 fully saturated rings. The largest absolute Gasteiger partial charge is 0.481 e. The molecular weight excluding hydrogens is 300 g/mol. The van der Waals surface area contributed by atoms with E-state index in [0.29, 0.717) is 12.8 Å². The smallest absolute Gasteiger partial charge is 0.306 e. The molecule has 0 saturated heterocycles. The summed E-state index contributed by atoms with van der Waals surface area (Å²) in [4.78, 5) is 32.6. The number of hydrogen-bond acceptors (Lipinski definition) is 4. The molecule has 0 aliphatic rings. The fourth-order valence-electron chi connectivity index (χ4n) is 1.63. The number of rotatable bonds is 7. The monoisotopic (exact) mass is 314 g/mol. The lowest BCUT2D eigenvalue weighted by Crippen LogP contribution is -2.25. The zero-order chi connectivity index (χ0) is 16.0. The number of hydrogen-bond donors (Lipinski definition) is 2. The molecule has 0 aliphatic carbocycles. The van der Waals surface area contributed by atoms with Gasteiger partial charge in [0.05, 0.1) is 21.4 Å². The fraction of sp³-hybridized carbons (Fsp3) is 0.385. The number of nitro groups is 1. The molecule has 0 heterocycles. The second-order valence-corrected chi connectivity index (χ2v) is 4.97. The molecule has 1 atom stereocenters. The summed E-state index contributed by atoms with van der Waals surface area (Å²) in [7, 11) is 0. The summed E-state index contributed by atoms with van der Waals surface area (Å²) in [5.74, 6) is -1.89. The van der Waals surface area contributed by atoms with Gasteiger partial charge in [-0.05, 0) is 18.9 Å². The van der Waals surface area contributed by atoms with E-state index < -0.39 is 22.7 Å². The van der Waals surface area contributed by atoms with Crippen molar-refractivity contribution < 1.29 is 19.6 Å². The van der Waals surface area contributed by atoms with Crippen molar-refractivity contribution in [3.63, 3.8) is 0 Å². The van der Waals surface area contributed by atoms with Crippen molar-refractivity contribution in [1.82, 2.24) is 5.32 Å². The molecule has 0 radical (unpaired) electrons. The maximum atomic E-state index is 11.9. The van der Waals surface area contributed by atoms with Gasteiger partial charge in [0.15, 0.2) is 0 Å². The standard InChI is InChI=1S/C13H15ClN2O5/c1-8(13(18)19)3-2-6-15-12(17)10-7-9(16(20)21)4-5-11(10)14/h4-5,7-8H,2-3,6H2,1H3,(H,15,17)(H,18,19). The van der Waals surface area contributed by atoms with Gasteiger partial charge < -0.3 is 10.4 Å². The van der Waals surface area contributed by atoms with E-state index in [2.05, 4.69) is 5.32 Å². The summed E-state index contributed by atoms with van der Waals surface area (Å²) in [6, 6.07) is 3.62. The van der Waals surface area contributed by atoms with Crippen molar-refractivity contribution in [2.75, 3.05) is 6.54 Å². The molecule has 21 heavy (non-hydrogen) atoms. The van der Waals surface area contributed by atoms with Gasteiger partial charge in [0.2, 0.25) is 0 Å². The van der Waals surface area contributed by atoms with Crippen molar-refractivity contribution in [3.05, 3.63) is 38.9 Å². The Bertz CT molecular complexity index is 561. The second kappa shape index (κ2) is 7.58. The van der Waals surface area contributed by atoms with Crippen molar-refractivity contribution in [1.29, 1.82) is 0 Å². The van der Waals surface area contributed by atoms with Crippen LogP contribution in [0.25, 0.3) is 0 Å². The molecule has 0 aromatic heterocycles. The maximum absolute atomic E-state index is 11.9. The van der Waals surface area contributed by atoms with Gasteiger partial charge >= 0.3 is 5.97 Å². The van der Waals surface area contributed by atoms with Gasteiger partial charge in [0.25, 0.3) is 11.6 Å². The average molecular weight is 315 g/mol. The van der Waals surface area contributed by atoms with Gasteiger partial charge in [-0.2, -0.15) is 0 Å². The van der Waals surface area contributed by atoms with Crippen LogP contribution >= 0.6 is 11.6 Å². The summed E-state index contributed by atoms with van der Waals surface area (Å²) in [5, 5.41) is 22.1. The first-order chi connectivity index (χ1) is 9.82. The molecule has 0 aliphatic heterocycles. The minimum atomic E-state index is -0.886. The van der Waals surface area contributed by atoms with Crippen LogP contribution in [0.1, 0.15) is 30.1 Å². The van der Waals surface area contributed by atoms with Crippen LogP contribution in [0.4, 0.5) is 5.69 Å². The van der Waals surface area contributed by atoms with Gasteiger partial charge in [-0.1, -0.05) is 18.5 Å². The highest BCUT2D eigenvalue weighted by Gasteiger charge is 2.16. The Morgan fingerprint density at radius 3 is 2.71 bits per heavy atom. The number of nitrogens with zero attached hydrogens (tertiary/aromatic N) is 1. The Morgan fingerprint density at radius 2 is 2.14 bits per heavy atom. The first kappa shape index (κ1) is 16.9. The Kier molecular flexibility index (Phi) is 6.10. The van der Waals surface area contributed by atoms with Crippen LogP contribution in [0.3, 0.4) is 0 Å². The third-order valence-corrected chi connectivity index (χ3v) is 3.26. The number of nitro benzene ring substituents is 1. The molecular formula is C13H15ClN2O5. The predicted molar refractivity (Wildman–Crippen MR) is 76.5 cm³/mol. The number of halogens is 1. The van der Waals surface area contributed by atoms with Crippen molar-refractivity contribution in [2.24, 2.45) is 5.92 Å². The predicted octanol–water partition coefficient (Wildman–Crippen LogP) is 2.48. The first-order valence-electron chi connectivity index (χ1n) is 6.28. The molecule has 1 aromatic carbocycles. The summed E-state index contributed by atoms with van der Waals surface area (Å²) < 4.78 is 0. The van der Waals surface area contributed by atoms with Crippen LogP contribution in [0.5, 0.6) is 0 Å². The minimum absolute atomic E-state index is 0.0251. The van der Waals surface area contributed by atoms with Crippen molar-refractivity contribution in [2.45, 2.75) is 19.8 Å². The van der Waals surface area contributed by atoms with Crippen molar-refractivity contribution in [3.8, 4) is 0 Å². The van der Waals surface area contributed by atoms with Crippen LogP contribution < -0.4 is 5.32 Å². The van der Waals surface area contributed by atoms with Crippen LogP contribution in [0.2, 0.25) is 5.02 Å². The van der Waals surface area contributed by atoms with Crippen LogP contribution in [-0.4, -0.2) is 28.5 Å². The number of carboxylic acids is 1. The SMILES string of the molecule is CC(CCCNC(=O)c1cc([N+](=O)[O-])ccc1Cl)C(=O)O. The lowest BCUT2D eigenvalue weighted by molar-refractivity contribution is -0.384. The lowest BCUT2D eigenvalue weighted by atomic mass is 10.1. The molecule has 1 amide bonds. The van der Waals surface area contributed by atoms with E-state index in [9.17, 15) is 19.7 Å². The molecule has 1 unspecified atom stereocenters. The average Bonchev–Trinajstić information content (AvgIpc) is 2.43. The first-order valence-corrected chi connectivity index (χ1v) is 6.65. The molecule has 0 saturated carbocycles. The Hall–Kier alpha value is -2.15. The fourth-order valence-corrected chi connectivity index (χ4v) is 1.83. The van der Waals surface area contributed by atoms with E-state index in [1.165, 1.54) is 12.1 Å². The van der Waals surface area contributed by atoms with E-state index in [4.69, 9.17) is 16.7 Å². The number of aliphatic carboxylic acids is 1. The number of carbonyl (C=O) groups excluding carboxylic acids is 1. The summed E-state index contributed by atoms with van der Waals surface area (Å²) in [6.45, 7) is 1.86. The number of carboxylic acid groups (broad SMARTS) is 1. The number of carbonyl (C=O) groups is 2. The molecule has 1 aromatic rings. The topological polar surface area (TPSA) is 110 Å². The van der Waals surface area contributed by atoms with Gasteiger partial charge in [-0.3, -0.25) is 19.7 Å². The van der Waals surface area contributed by atoms with E-state index in [1.807, 2.05) is 0 Å². The third kappa shape index (κ3) is 5.03. The van der Waals surface area contributed by atoms with Gasteiger partial charge in [-0.25, -0.2) is 0 Å². The molecule has 1 rings (SSSR count). The van der Waals surface area contributed by atoms with Crippen LogP contribution in [0.15, 0.2) is 18.2 Å². The number of nitrogens with one attached hydrogen (secondary N) is 1. The lowest BCUT2D eigenvalue weighted by Gasteiger charge is -2.08. The minimum Gasteiger partial charge on any atom is -0.481 e. The Balaban J connectivity index is 2.58. The Labute approximate surface area is 126 Å². The van der Waals surface area contributed by atoms with E-state index >= 15 is 0 Å². The van der Waals surface area contributed by atoms with E-state index in [1.54, 1.807) is 6.92 Å². The summed E-state index contributed by atoms with van der Waals surface area (Å²) >= 11 is 5.84. The molecule has 2 N–H and O–H groups in total. The molecule has 114 valence electrons. The van der Waals surface area contributed by atoms with Crippen LogP contribution in [-0.2, 0) is 4.79 Å². The normalized spacial score (nSPS) is 11.7. The molecule has 7 nitrogen and oxygen atoms in total. The molecule has 8 heteroatoms. The van der Waals surface area contributed by atoms with Gasteiger partial charge in [0, 0.05) is 18.7 Å². The maximum Gasteiger partial charge on any atom is 0.306 e. The highest BCUT2D eigenvalue weighted by Crippen LogP contribution is 2.21. The van der Waals surface area contributed by atoms with E-state index in [0.717, 1.165) is 6.07 Å². The number of non-ortho nitro benzene ring substituents is 1. The zero-order valence-electron chi connectivity index (χ0n) is 11.3. The Morgan fingerprint density at radius 1 is 1.48 bits per heavy atom. The second-order valence-electron chi connectivity index (χ2n) is 4.56. The summed E-state index contributed by atoms with van der Waals surface area (Å²) in [6.07, 6.45) is 0.921. The highest BCUT2D eigenvalue weighted by atomic mass is 35.5. The van der Waals surface area contributed by atoms with Gasteiger partial charge in [0.1, 0.15) is 0 Å². The molecule has 0 spiro atoms. The van der Waals surface area contributed by atoms with Crippen molar-refractivity contribution >= 4 is 29.2 Å².